The van der Waals surface area contributed by atoms with Gasteiger partial charge in [0.1, 0.15) is 5.25 Å². The summed E-state index contributed by atoms with van der Waals surface area (Å²) in [5.41, 5.74) is 0.657. The molecule has 1 amide bonds. The van der Waals surface area contributed by atoms with E-state index in [2.05, 4.69) is 15.5 Å². The first kappa shape index (κ1) is 21.8. The van der Waals surface area contributed by atoms with Crippen molar-refractivity contribution in [2.24, 2.45) is 16.1 Å². The Kier molecular flexibility index (Phi) is 7.45. The van der Waals surface area contributed by atoms with Gasteiger partial charge in [0.15, 0.2) is 16.7 Å². The molecule has 2 aliphatic rings. The maximum absolute atomic E-state index is 12.4. The normalized spacial score (nSPS) is 21.0. The number of carbonyl (C=O) groups excluding carboxylic acids is 2. The lowest BCUT2D eigenvalue weighted by Gasteiger charge is -2.20. The van der Waals surface area contributed by atoms with Gasteiger partial charge in [-0.15, -0.1) is 5.10 Å². The van der Waals surface area contributed by atoms with Crippen LogP contribution in [-0.2, 0) is 14.4 Å². The zero-order chi connectivity index (χ0) is 21.5. The van der Waals surface area contributed by atoms with Crippen molar-refractivity contribution >= 4 is 41.0 Å². The highest BCUT2D eigenvalue weighted by Gasteiger charge is 2.32. The number of thioether (sulfide) groups is 1. The summed E-state index contributed by atoms with van der Waals surface area (Å²) in [6.45, 7) is 0. The maximum Gasteiger partial charge on any atom is 0.314 e. The fraction of sp³-hybridized carbons (Fsp3) is 0.450. The molecule has 9 nitrogen and oxygen atoms in total. The predicted octanol–water partition coefficient (Wildman–Crippen LogP) is 2.58. The number of nitrogens with zero attached hydrogens (tertiary/aromatic N) is 2. The number of aliphatic carboxylic acids is 1. The summed E-state index contributed by atoms with van der Waals surface area (Å²) >= 11 is 1.03. The van der Waals surface area contributed by atoms with E-state index < -0.39 is 17.1 Å². The molecular weight excluding hydrogens is 410 g/mol. The zero-order valence-electron chi connectivity index (χ0n) is 16.5. The lowest BCUT2D eigenvalue weighted by molar-refractivity contribution is -0.140. The molecule has 10 heteroatoms. The van der Waals surface area contributed by atoms with Gasteiger partial charge in [0.2, 0.25) is 5.91 Å². The van der Waals surface area contributed by atoms with Crippen LogP contribution in [-0.4, -0.2) is 46.7 Å². The van der Waals surface area contributed by atoms with Crippen LogP contribution in [0.3, 0.4) is 0 Å². The molecule has 1 atom stereocenters. The number of amides is 1. The lowest BCUT2D eigenvalue weighted by atomic mass is 9.89. The lowest BCUT2D eigenvalue weighted by Crippen LogP contribution is -2.26. The number of ether oxygens (including phenoxy) is 2. The van der Waals surface area contributed by atoms with E-state index in [4.69, 9.17) is 14.6 Å². The van der Waals surface area contributed by atoms with Crippen LogP contribution in [0.1, 0.15) is 44.1 Å². The van der Waals surface area contributed by atoms with Crippen LogP contribution in [0.25, 0.3) is 0 Å². The molecular formula is C20H23N3O6S. The van der Waals surface area contributed by atoms with Gasteiger partial charge in [0.25, 0.3) is 0 Å². The van der Waals surface area contributed by atoms with Crippen LogP contribution >= 0.6 is 11.8 Å². The number of hydrogen-bond acceptors (Lipinski definition) is 8. The van der Waals surface area contributed by atoms with Crippen LogP contribution in [0.4, 0.5) is 0 Å². The minimum Gasteiger partial charge on any atom is -0.493 e. The highest BCUT2D eigenvalue weighted by atomic mass is 32.2. The van der Waals surface area contributed by atoms with E-state index >= 15 is 0 Å². The molecule has 1 aromatic rings. The molecule has 0 bridgehead atoms. The van der Waals surface area contributed by atoms with Crippen molar-refractivity contribution in [3.8, 4) is 11.5 Å². The summed E-state index contributed by atoms with van der Waals surface area (Å²) in [5, 5.41) is 18.7. The largest absolute Gasteiger partial charge is 0.493 e. The number of carbonyl (C=O) groups is 3. The quantitative estimate of drug-likeness (QED) is 0.293. The summed E-state index contributed by atoms with van der Waals surface area (Å²) in [4.78, 5) is 34.8. The Morgan fingerprint density at radius 1 is 1.27 bits per heavy atom. The number of rotatable bonds is 7. The average molecular weight is 433 g/mol. The second-order valence-corrected chi connectivity index (χ2v) is 8.20. The van der Waals surface area contributed by atoms with Gasteiger partial charge in [0, 0.05) is 0 Å². The van der Waals surface area contributed by atoms with Crippen molar-refractivity contribution in [3.05, 3.63) is 23.8 Å². The van der Waals surface area contributed by atoms with Gasteiger partial charge in [-0.1, -0.05) is 31.0 Å². The van der Waals surface area contributed by atoms with Crippen molar-refractivity contribution in [1.29, 1.82) is 0 Å². The smallest absolute Gasteiger partial charge is 0.314 e. The molecule has 1 aliphatic heterocycles. The number of esters is 1. The standard InChI is InChI=1S/C20H23N3O6S/c1-28-15-9-12(7-8-14(15)29-19(27)13-5-3-2-4-6-13)11-21-23-20-22-18(26)16(30-20)10-17(24)25/h7-9,11,13,16H,2-6,10H2,1H3,(H,24,25)(H,22,23,26). The molecule has 0 spiro atoms. The Morgan fingerprint density at radius 2 is 2.03 bits per heavy atom. The van der Waals surface area contributed by atoms with E-state index in [-0.39, 0.29) is 23.5 Å². The van der Waals surface area contributed by atoms with E-state index in [0.717, 1.165) is 43.9 Å². The number of amidine groups is 1. The number of carboxylic acids is 1. The molecule has 1 saturated heterocycles. The minimum atomic E-state index is -1.05. The zero-order valence-corrected chi connectivity index (χ0v) is 17.3. The third-order valence-electron chi connectivity index (χ3n) is 4.83. The number of carboxylic acid groups (broad SMARTS) is 1. The Labute approximate surface area is 177 Å². The molecule has 0 radical (unpaired) electrons. The highest BCUT2D eigenvalue weighted by Crippen LogP contribution is 2.31. The molecule has 1 aliphatic carbocycles. The minimum absolute atomic E-state index is 0.0652. The SMILES string of the molecule is COc1cc(C=NN=C2NC(=O)C(CC(=O)O)S2)ccc1OC(=O)C1CCCCC1. The third-order valence-corrected chi connectivity index (χ3v) is 5.90. The monoisotopic (exact) mass is 433 g/mol. The first-order valence-corrected chi connectivity index (χ1v) is 10.5. The fourth-order valence-corrected chi connectivity index (χ4v) is 4.19. The molecule has 0 aromatic heterocycles. The summed E-state index contributed by atoms with van der Waals surface area (Å²) < 4.78 is 10.9. The Balaban J connectivity index is 1.62. The molecule has 30 heavy (non-hydrogen) atoms. The number of nitrogens with one attached hydrogen (secondary N) is 1. The molecule has 2 N–H and O–H groups in total. The van der Waals surface area contributed by atoms with Gasteiger partial charge in [-0.25, -0.2) is 0 Å². The van der Waals surface area contributed by atoms with Crippen LogP contribution < -0.4 is 14.8 Å². The van der Waals surface area contributed by atoms with Gasteiger partial charge in [-0.05, 0) is 36.6 Å². The van der Waals surface area contributed by atoms with E-state index in [0.29, 0.717) is 17.1 Å². The Morgan fingerprint density at radius 3 is 2.73 bits per heavy atom. The maximum atomic E-state index is 12.4. The van der Waals surface area contributed by atoms with Gasteiger partial charge < -0.3 is 19.9 Å². The summed E-state index contributed by atoms with van der Waals surface area (Å²) in [5.74, 6) is -0.992. The van der Waals surface area contributed by atoms with Crippen molar-refractivity contribution in [2.75, 3.05) is 7.11 Å². The van der Waals surface area contributed by atoms with E-state index in [1.807, 2.05) is 0 Å². The van der Waals surface area contributed by atoms with Crippen molar-refractivity contribution in [2.45, 2.75) is 43.8 Å². The molecule has 1 saturated carbocycles. The average Bonchev–Trinajstić information content (AvgIpc) is 3.08. The Hall–Kier alpha value is -2.88. The summed E-state index contributed by atoms with van der Waals surface area (Å²) in [6, 6.07) is 5.02. The van der Waals surface area contributed by atoms with Crippen LogP contribution in [0.2, 0.25) is 0 Å². The van der Waals surface area contributed by atoms with Gasteiger partial charge in [-0.2, -0.15) is 5.10 Å². The molecule has 160 valence electrons. The van der Waals surface area contributed by atoms with Gasteiger partial charge in [0.05, 0.1) is 25.7 Å². The van der Waals surface area contributed by atoms with Crippen LogP contribution in [0, 0.1) is 5.92 Å². The molecule has 3 rings (SSSR count). The van der Waals surface area contributed by atoms with Crippen molar-refractivity contribution in [1.82, 2.24) is 5.32 Å². The van der Waals surface area contributed by atoms with Crippen molar-refractivity contribution in [3.63, 3.8) is 0 Å². The van der Waals surface area contributed by atoms with Crippen LogP contribution in [0.5, 0.6) is 11.5 Å². The molecule has 1 aromatic carbocycles. The predicted molar refractivity (Wildman–Crippen MR) is 112 cm³/mol. The van der Waals surface area contributed by atoms with E-state index in [1.54, 1.807) is 18.2 Å². The van der Waals surface area contributed by atoms with Gasteiger partial charge in [-0.3, -0.25) is 14.4 Å². The number of hydrogen-bond donors (Lipinski definition) is 2. The topological polar surface area (TPSA) is 127 Å². The summed E-state index contributed by atoms with van der Waals surface area (Å²) in [7, 11) is 1.49. The second-order valence-electron chi connectivity index (χ2n) is 7.01. The number of benzene rings is 1. The molecule has 1 heterocycles. The first-order chi connectivity index (χ1) is 14.5. The van der Waals surface area contributed by atoms with E-state index in [9.17, 15) is 14.4 Å². The highest BCUT2D eigenvalue weighted by molar-refractivity contribution is 8.15. The first-order valence-electron chi connectivity index (χ1n) is 9.66. The second kappa shape index (κ2) is 10.2. The fourth-order valence-electron chi connectivity index (χ4n) is 3.27. The van der Waals surface area contributed by atoms with Crippen molar-refractivity contribution < 1.29 is 29.0 Å². The molecule has 2 fully saturated rings. The third kappa shape index (κ3) is 5.82. The van der Waals surface area contributed by atoms with E-state index in [1.165, 1.54) is 13.3 Å². The number of methoxy groups -OCH3 is 1. The van der Waals surface area contributed by atoms with Gasteiger partial charge >= 0.3 is 11.9 Å². The van der Waals surface area contributed by atoms with Crippen LogP contribution in [0.15, 0.2) is 28.4 Å². The summed E-state index contributed by atoms with van der Waals surface area (Å²) in [6.07, 6.45) is 6.14. The Bertz CT molecular complexity index is 879. The molecule has 1 unspecified atom stereocenters.